The number of hydrogen-bond donors (Lipinski definition) is 1. The molecule has 3 aromatic rings. The third kappa shape index (κ3) is 4.14. The predicted molar refractivity (Wildman–Crippen MR) is 124 cm³/mol. The number of primary amides is 1. The van der Waals surface area contributed by atoms with Crippen molar-refractivity contribution in [2.75, 3.05) is 25.5 Å². The van der Waals surface area contributed by atoms with Gasteiger partial charge in [-0.25, -0.2) is 0 Å². The van der Waals surface area contributed by atoms with Crippen molar-refractivity contribution in [1.82, 2.24) is 9.47 Å². The minimum Gasteiger partial charge on any atom is -0.378 e. The van der Waals surface area contributed by atoms with Gasteiger partial charge in [0, 0.05) is 44.6 Å². The number of benzene rings is 2. The summed E-state index contributed by atoms with van der Waals surface area (Å²) >= 11 is 0. The van der Waals surface area contributed by atoms with Crippen LogP contribution in [0, 0.1) is 0 Å². The number of carbonyl (C=O) groups excluding carboxylic acids is 2. The van der Waals surface area contributed by atoms with Crippen molar-refractivity contribution in [1.29, 1.82) is 0 Å². The van der Waals surface area contributed by atoms with Gasteiger partial charge in [0.2, 0.25) is 0 Å². The molecule has 4 rings (SSSR count). The van der Waals surface area contributed by atoms with Crippen LogP contribution in [0.5, 0.6) is 0 Å². The SMILES string of the molecule is CN(C)c1ccc(C(=O)N2CCc3c(cn(Cc4ccccc4)c(=O)c3C(N)=O)C2)cc1. The Morgan fingerprint density at radius 2 is 1.72 bits per heavy atom. The summed E-state index contributed by atoms with van der Waals surface area (Å²) < 4.78 is 1.51. The maximum absolute atomic E-state index is 13.1. The molecule has 0 atom stereocenters. The van der Waals surface area contributed by atoms with Crippen molar-refractivity contribution >= 4 is 17.5 Å². The number of fused-ring (bicyclic) bond motifs is 1. The second kappa shape index (κ2) is 8.70. The minimum absolute atomic E-state index is 0.0286. The molecule has 0 bridgehead atoms. The Bertz CT molecular complexity index is 1210. The third-order valence-electron chi connectivity index (χ3n) is 5.83. The normalized spacial score (nSPS) is 12.9. The maximum Gasteiger partial charge on any atom is 0.264 e. The molecule has 0 aliphatic carbocycles. The summed E-state index contributed by atoms with van der Waals surface area (Å²) in [6.07, 6.45) is 2.17. The van der Waals surface area contributed by atoms with Gasteiger partial charge in [-0.3, -0.25) is 14.4 Å². The third-order valence-corrected chi connectivity index (χ3v) is 5.83. The van der Waals surface area contributed by atoms with E-state index in [1.54, 1.807) is 11.1 Å². The van der Waals surface area contributed by atoms with Crippen molar-refractivity contribution in [3.05, 3.63) is 99.0 Å². The highest BCUT2D eigenvalue weighted by Crippen LogP contribution is 2.23. The van der Waals surface area contributed by atoms with Crippen LogP contribution >= 0.6 is 0 Å². The zero-order chi connectivity index (χ0) is 22.8. The van der Waals surface area contributed by atoms with E-state index in [0.717, 1.165) is 16.8 Å². The molecule has 2 heterocycles. The van der Waals surface area contributed by atoms with E-state index >= 15 is 0 Å². The van der Waals surface area contributed by atoms with Crippen LogP contribution in [0.15, 0.2) is 65.6 Å². The molecule has 1 aromatic heterocycles. The van der Waals surface area contributed by atoms with Gasteiger partial charge in [0.25, 0.3) is 17.4 Å². The number of hydrogen-bond acceptors (Lipinski definition) is 4. The standard InChI is InChI=1S/C25H26N4O3/c1-27(2)20-10-8-18(9-11-20)24(31)28-13-12-21-19(15-28)16-29(25(32)22(21)23(26)30)14-17-6-4-3-5-7-17/h3-11,16H,12-15H2,1-2H3,(H2,26,30). The van der Waals surface area contributed by atoms with Crippen LogP contribution in [0.4, 0.5) is 5.69 Å². The molecule has 2 amide bonds. The van der Waals surface area contributed by atoms with Gasteiger partial charge in [-0.2, -0.15) is 0 Å². The van der Waals surface area contributed by atoms with Gasteiger partial charge in [0.1, 0.15) is 5.56 Å². The highest BCUT2D eigenvalue weighted by molar-refractivity contribution is 5.96. The molecule has 164 valence electrons. The van der Waals surface area contributed by atoms with Crippen LogP contribution in [0.3, 0.4) is 0 Å². The second-order valence-electron chi connectivity index (χ2n) is 8.21. The number of rotatable bonds is 5. The van der Waals surface area contributed by atoms with E-state index < -0.39 is 5.91 Å². The fourth-order valence-electron chi connectivity index (χ4n) is 4.12. The first kappa shape index (κ1) is 21.4. The van der Waals surface area contributed by atoms with Gasteiger partial charge in [0.15, 0.2) is 0 Å². The van der Waals surface area contributed by atoms with Gasteiger partial charge in [-0.05, 0) is 47.4 Å². The molecule has 0 spiro atoms. The number of carbonyl (C=O) groups is 2. The summed E-state index contributed by atoms with van der Waals surface area (Å²) in [5.41, 5.74) is 9.21. The topological polar surface area (TPSA) is 88.6 Å². The van der Waals surface area contributed by atoms with Gasteiger partial charge < -0.3 is 20.1 Å². The fraction of sp³-hybridized carbons (Fsp3) is 0.240. The molecule has 0 fully saturated rings. The van der Waals surface area contributed by atoms with Gasteiger partial charge >= 0.3 is 0 Å². The van der Waals surface area contributed by atoms with Gasteiger partial charge in [-0.15, -0.1) is 0 Å². The highest BCUT2D eigenvalue weighted by atomic mass is 16.2. The summed E-state index contributed by atoms with van der Waals surface area (Å²) in [5, 5.41) is 0. The molecule has 0 unspecified atom stereocenters. The van der Waals surface area contributed by atoms with Crippen LogP contribution < -0.4 is 16.2 Å². The van der Waals surface area contributed by atoms with E-state index in [-0.39, 0.29) is 17.0 Å². The number of nitrogens with zero attached hydrogens (tertiary/aromatic N) is 3. The number of pyridine rings is 1. The molecule has 1 aliphatic rings. The molecule has 7 heteroatoms. The van der Waals surface area contributed by atoms with Crippen LogP contribution in [0.2, 0.25) is 0 Å². The minimum atomic E-state index is -0.729. The van der Waals surface area contributed by atoms with E-state index in [4.69, 9.17) is 5.73 Å². The lowest BCUT2D eigenvalue weighted by atomic mass is 9.95. The Kier molecular flexibility index (Phi) is 5.81. The monoisotopic (exact) mass is 430 g/mol. The molecule has 0 saturated heterocycles. The average molecular weight is 431 g/mol. The molecule has 0 saturated carbocycles. The summed E-state index contributed by atoms with van der Waals surface area (Å²) in [4.78, 5) is 42.0. The van der Waals surface area contributed by atoms with E-state index in [0.29, 0.717) is 37.2 Å². The summed E-state index contributed by atoms with van der Waals surface area (Å²) in [6.45, 7) is 1.07. The lowest BCUT2D eigenvalue weighted by molar-refractivity contribution is 0.0734. The summed E-state index contributed by atoms with van der Waals surface area (Å²) in [6, 6.07) is 17.0. The molecule has 32 heavy (non-hydrogen) atoms. The Morgan fingerprint density at radius 1 is 1.03 bits per heavy atom. The Hall–Kier alpha value is -3.87. The van der Waals surface area contributed by atoms with E-state index in [9.17, 15) is 14.4 Å². The number of aromatic nitrogens is 1. The summed E-state index contributed by atoms with van der Waals surface area (Å²) in [5.74, 6) is -0.810. The highest BCUT2D eigenvalue weighted by Gasteiger charge is 2.27. The number of anilines is 1. The summed E-state index contributed by atoms with van der Waals surface area (Å²) in [7, 11) is 3.90. The lowest BCUT2D eigenvalue weighted by Gasteiger charge is -2.30. The zero-order valence-corrected chi connectivity index (χ0v) is 18.2. The lowest BCUT2D eigenvalue weighted by Crippen LogP contribution is -2.40. The number of amides is 2. The molecule has 0 radical (unpaired) electrons. The second-order valence-corrected chi connectivity index (χ2v) is 8.21. The van der Waals surface area contributed by atoms with Crippen molar-refractivity contribution in [3.63, 3.8) is 0 Å². The van der Waals surface area contributed by atoms with Gasteiger partial charge in [0.05, 0.1) is 6.54 Å². The molecule has 7 nitrogen and oxygen atoms in total. The maximum atomic E-state index is 13.1. The van der Waals surface area contributed by atoms with E-state index in [1.165, 1.54) is 4.57 Å². The Morgan fingerprint density at radius 3 is 2.34 bits per heavy atom. The molecule has 2 N–H and O–H groups in total. The Balaban J connectivity index is 1.66. The first-order chi connectivity index (χ1) is 15.3. The molecule has 2 aromatic carbocycles. The smallest absolute Gasteiger partial charge is 0.264 e. The van der Waals surface area contributed by atoms with Crippen molar-refractivity contribution in [3.8, 4) is 0 Å². The van der Waals surface area contributed by atoms with E-state index in [2.05, 4.69) is 0 Å². The molecular formula is C25H26N4O3. The van der Waals surface area contributed by atoms with E-state index in [1.807, 2.05) is 73.6 Å². The molecular weight excluding hydrogens is 404 g/mol. The first-order valence-corrected chi connectivity index (χ1v) is 10.5. The Labute approximate surface area is 186 Å². The van der Waals surface area contributed by atoms with Crippen LogP contribution in [0.25, 0.3) is 0 Å². The van der Waals surface area contributed by atoms with Crippen LogP contribution in [-0.2, 0) is 19.5 Å². The van der Waals surface area contributed by atoms with Crippen molar-refractivity contribution in [2.45, 2.75) is 19.5 Å². The van der Waals surface area contributed by atoms with Gasteiger partial charge in [-0.1, -0.05) is 30.3 Å². The van der Waals surface area contributed by atoms with Crippen molar-refractivity contribution < 1.29 is 9.59 Å². The fourth-order valence-corrected chi connectivity index (χ4v) is 4.12. The first-order valence-electron chi connectivity index (χ1n) is 10.5. The quantitative estimate of drug-likeness (QED) is 0.673. The van der Waals surface area contributed by atoms with Crippen LogP contribution in [0.1, 0.15) is 37.4 Å². The molecule has 1 aliphatic heterocycles. The average Bonchev–Trinajstić information content (AvgIpc) is 2.79. The van der Waals surface area contributed by atoms with Crippen LogP contribution in [-0.4, -0.2) is 41.9 Å². The number of nitrogens with two attached hydrogens (primary N) is 1. The largest absolute Gasteiger partial charge is 0.378 e. The zero-order valence-electron chi connectivity index (χ0n) is 18.2. The van der Waals surface area contributed by atoms with Crippen molar-refractivity contribution in [2.24, 2.45) is 5.73 Å². The predicted octanol–water partition coefficient (Wildman–Crippen LogP) is 2.26.